The lowest BCUT2D eigenvalue weighted by Gasteiger charge is -2.14. The van der Waals surface area contributed by atoms with Crippen molar-refractivity contribution >= 4 is 32.6 Å². The van der Waals surface area contributed by atoms with Crippen LogP contribution < -0.4 is 21.8 Å². The number of nitrogen functional groups attached to an aromatic ring is 1. The number of carbonyl (C=O) groups is 1. The summed E-state index contributed by atoms with van der Waals surface area (Å²) in [6.07, 6.45) is 2.39. The molecule has 4 aromatic rings. The van der Waals surface area contributed by atoms with Crippen LogP contribution in [0.5, 0.6) is 0 Å². The Morgan fingerprint density at radius 3 is 2.48 bits per heavy atom. The van der Waals surface area contributed by atoms with Gasteiger partial charge >= 0.3 is 11.7 Å². The summed E-state index contributed by atoms with van der Waals surface area (Å²) in [5.41, 5.74) is 6.47. The number of esters is 1. The molecule has 2 aromatic heterocycles. The third-order valence-corrected chi connectivity index (χ3v) is 6.18. The normalized spacial score (nSPS) is 11.3. The fourth-order valence-corrected chi connectivity index (χ4v) is 4.35. The largest absolute Gasteiger partial charge is 0.465 e. The van der Waals surface area contributed by atoms with E-state index in [0.29, 0.717) is 32.7 Å². The molecule has 0 saturated heterocycles. The van der Waals surface area contributed by atoms with Crippen molar-refractivity contribution in [3.05, 3.63) is 80.1 Å². The van der Waals surface area contributed by atoms with Crippen molar-refractivity contribution in [2.75, 3.05) is 23.9 Å². The number of halogens is 1. The third-order valence-electron chi connectivity index (χ3n) is 5.66. The zero-order valence-electron chi connectivity index (χ0n) is 22.1. The van der Waals surface area contributed by atoms with Crippen LogP contribution in [0.1, 0.15) is 41.4 Å². The maximum Gasteiger partial charge on any atom is 0.348 e. The van der Waals surface area contributed by atoms with Crippen LogP contribution in [-0.4, -0.2) is 52.3 Å². The Bertz CT molecular complexity index is 1780. The van der Waals surface area contributed by atoms with Gasteiger partial charge in [0.05, 0.1) is 42.1 Å². The van der Waals surface area contributed by atoms with Crippen molar-refractivity contribution in [3.8, 4) is 11.3 Å². The van der Waals surface area contributed by atoms with E-state index >= 15 is 0 Å². The molecule has 0 aliphatic carbocycles. The standard InChI is InChI=1S/C16H18FN5O4S.C9H11NO3/c1-9(2)21-14(4-5-18-21)11-7-12-13(6-10(11)8-17)19-16(24)22(15(12)23)20-27(3,25)26;1-13-9(12)7-3-2-6(5-11)4-8(7)10/h4-7,9,20H,8H2,1-3H3,(H,19,24);2-4,11H,5,10H2,1H3. The van der Waals surface area contributed by atoms with Crippen molar-refractivity contribution < 1.29 is 27.4 Å². The van der Waals surface area contributed by atoms with Crippen molar-refractivity contribution in [1.29, 1.82) is 0 Å². The molecule has 15 heteroatoms. The predicted molar refractivity (Wildman–Crippen MR) is 148 cm³/mol. The number of aliphatic hydroxyl groups excluding tert-OH is 1. The molecule has 0 bridgehead atoms. The fraction of sp³-hybridized carbons (Fsp3) is 0.280. The lowest BCUT2D eigenvalue weighted by Crippen LogP contribution is -2.43. The first-order valence-electron chi connectivity index (χ1n) is 11.8. The summed E-state index contributed by atoms with van der Waals surface area (Å²) >= 11 is 0. The van der Waals surface area contributed by atoms with Gasteiger partial charge in [-0.15, -0.1) is 0 Å². The number of aromatic amines is 1. The van der Waals surface area contributed by atoms with Crippen LogP contribution >= 0.6 is 0 Å². The second-order valence-corrected chi connectivity index (χ2v) is 10.7. The molecule has 0 fully saturated rings. The van der Waals surface area contributed by atoms with E-state index in [1.807, 2.05) is 18.7 Å². The van der Waals surface area contributed by atoms with Crippen LogP contribution in [0, 0.1) is 0 Å². The number of hydrogen-bond acceptors (Lipinski definition) is 9. The summed E-state index contributed by atoms with van der Waals surface area (Å²) in [6.45, 7) is 2.91. The molecular formula is C25H29FN6O7S. The minimum absolute atomic E-state index is 0.00250. The quantitative estimate of drug-likeness (QED) is 0.187. The van der Waals surface area contributed by atoms with Crippen LogP contribution in [0.15, 0.2) is 52.2 Å². The lowest BCUT2D eigenvalue weighted by atomic mass is 10.0. The molecule has 2 heterocycles. The molecule has 13 nitrogen and oxygen atoms in total. The number of aromatic nitrogens is 4. The Labute approximate surface area is 228 Å². The highest BCUT2D eigenvalue weighted by Crippen LogP contribution is 2.29. The number of aliphatic hydroxyl groups is 1. The summed E-state index contributed by atoms with van der Waals surface area (Å²) in [5.74, 6) is -0.470. The van der Waals surface area contributed by atoms with Gasteiger partial charge in [-0.1, -0.05) is 6.07 Å². The number of nitrogens with zero attached hydrogens (tertiary/aromatic N) is 3. The van der Waals surface area contributed by atoms with Gasteiger partial charge in [-0.25, -0.2) is 27.2 Å². The Balaban J connectivity index is 0.000000285. The molecule has 40 heavy (non-hydrogen) atoms. The average Bonchev–Trinajstić information content (AvgIpc) is 3.40. The van der Waals surface area contributed by atoms with Crippen LogP contribution in [-0.2, 0) is 28.0 Å². The number of anilines is 1. The zero-order valence-corrected chi connectivity index (χ0v) is 23.0. The maximum absolute atomic E-state index is 13.6. The van der Waals surface area contributed by atoms with E-state index in [1.165, 1.54) is 25.3 Å². The van der Waals surface area contributed by atoms with Gasteiger partial charge in [0.1, 0.15) is 6.67 Å². The Morgan fingerprint density at radius 1 is 1.23 bits per heavy atom. The van der Waals surface area contributed by atoms with Crippen LogP contribution in [0.25, 0.3) is 22.2 Å². The molecular weight excluding hydrogens is 547 g/mol. The van der Waals surface area contributed by atoms with Gasteiger partial charge in [-0.05, 0) is 55.3 Å². The minimum atomic E-state index is -3.86. The van der Waals surface area contributed by atoms with E-state index in [4.69, 9.17) is 10.8 Å². The Kier molecular flexibility index (Phi) is 9.11. The second-order valence-electron chi connectivity index (χ2n) is 8.95. The third kappa shape index (κ3) is 6.55. The molecule has 0 aliphatic heterocycles. The first-order valence-corrected chi connectivity index (χ1v) is 13.7. The van der Waals surface area contributed by atoms with Gasteiger partial charge in [0.2, 0.25) is 10.0 Å². The number of benzene rings is 2. The van der Waals surface area contributed by atoms with Gasteiger partial charge in [-0.3, -0.25) is 9.48 Å². The number of alkyl halides is 1. The number of nitrogens with two attached hydrogens (primary N) is 1. The summed E-state index contributed by atoms with van der Waals surface area (Å²) < 4.78 is 43.1. The van der Waals surface area contributed by atoms with Gasteiger partial charge in [-0.2, -0.15) is 9.77 Å². The molecule has 0 amide bonds. The van der Waals surface area contributed by atoms with Crippen molar-refractivity contribution in [2.45, 2.75) is 33.2 Å². The number of carbonyl (C=O) groups excluding carboxylic acids is 1. The molecule has 0 unspecified atom stereocenters. The van der Waals surface area contributed by atoms with E-state index in [9.17, 15) is 27.2 Å². The SMILES string of the molecule is CC(C)n1nccc1-c1cc2c(=O)n(NS(C)(=O)=O)c(=O)[nH]c2cc1CF.COC(=O)c1ccc(CO)cc1N. The molecule has 0 aliphatic rings. The van der Waals surface area contributed by atoms with E-state index in [-0.39, 0.29) is 29.1 Å². The molecule has 0 radical (unpaired) electrons. The van der Waals surface area contributed by atoms with Gasteiger partial charge in [0, 0.05) is 23.5 Å². The summed E-state index contributed by atoms with van der Waals surface area (Å²) in [5, 5.41) is 13.0. The predicted octanol–water partition coefficient (Wildman–Crippen LogP) is 1.65. The number of ether oxygens (including phenoxy) is 1. The number of fused-ring (bicyclic) bond motifs is 1. The molecule has 4 rings (SSSR count). The van der Waals surface area contributed by atoms with Gasteiger partial charge < -0.3 is 20.6 Å². The average molecular weight is 577 g/mol. The number of rotatable bonds is 7. The number of sulfonamides is 1. The summed E-state index contributed by atoms with van der Waals surface area (Å²) in [4.78, 5) is 40.1. The van der Waals surface area contributed by atoms with Gasteiger partial charge in [0.25, 0.3) is 5.56 Å². The topological polar surface area (TPSA) is 191 Å². The Hall–Kier alpha value is -4.50. The smallest absolute Gasteiger partial charge is 0.348 e. The van der Waals surface area contributed by atoms with Crippen LogP contribution in [0.2, 0.25) is 0 Å². The monoisotopic (exact) mass is 576 g/mol. The van der Waals surface area contributed by atoms with E-state index < -0.39 is 33.9 Å². The molecule has 0 spiro atoms. The van der Waals surface area contributed by atoms with Crippen LogP contribution in [0.3, 0.4) is 0 Å². The maximum atomic E-state index is 13.6. The second kappa shape index (κ2) is 12.1. The first kappa shape index (κ1) is 30.0. The minimum Gasteiger partial charge on any atom is -0.465 e. The van der Waals surface area contributed by atoms with Crippen LogP contribution in [0.4, 0.5) is 10.1 Å². The molecule has 2 aromatic carbocycles. The molecule has 5 N–H and O–H groups in total. The van der Waals surface area contributed by atoms with E-state index in [2.05, 4.69) is 14.8 Å². The highest BCUT2D eigenvalue weighted by molar-refractivity contribution is 7.91. The van der Waals surface area contributed by atoms with Crippen molar-refractivity contribution in [3.63, 3.8) is 0 Å². The number of nitrogens with one attached hydrogen (secondary N) is 2. The van der Waals surface area contributed by atoms with Crippen molar-refractivity contribution in [1.82, 2.24) is 19.4 Å². The summed E-state index contributed by atoms with van der Waals surface area (Å²) in [6, 6.07) is 9.20. The molecule has 214 valence electrons. The highest BCUT2D eigenvalue weighted by atomic mass is 32.2. The number of methoxy groups -OCH3 is 1. The number of H-pyrrole nitrogens is 1. The summed E-state index contributed by atoms with van der Waals surface area (Å²) in [7, 11) is -2.56. The zero-order chi connectivity index (χ0) is 29.8. The highest BCUT2D eigenvalue weighted by Gasteiger charge is 2.18. The number of hydrogen-bond donors (Lipinski definition) is 4. The first-order chi connectivity index (χ1) is 18.8. The molecule has 0 saturated carbocycles. The van der Waals surface area contributed by atoms with E-state index in [1.54, 1.807) is 29.1 Å². The Morgan fingerprint density at radius 2 is 1.93 bits per heavy atom. The van der Waals surface area contributed by atoms with Gasteiger partial charge in [0.15, 0.2) is 0 Å². The lowest BCUT2D eigenvalue weighted by molar-refractivity contribution is 0.0602. The van der Waals surface area contributed by atoms with Crippen molar-refractivity contribution in [2.24, 2.45) is 0 Å². The fourth-order valence-electron chi connectivity index (χ4n) is 3.85. The molecule has 0 atom stereocenters. The van der Waals surface area contributed by atoms with E-state index in [0.717, 1.165) is 6.26 Å².